The number of ether oxygens (including phenoxy) is 1. The molecule has 1 unspecified atom stereocenters. The number of β-amino-alcohol motifs (C(OH)–C–C–N with tert-alkyl or cyclic N) is 1. The van der Waals surface area contributed by atoms with Gasteiger partial charge < -0.3 is 9.84 Å². The Balaban J connectivity index is 1.53. The standard InChI is InChI=1S/C15H24N2O2S/c18-14-9-17(5-6-19-11-14)10-15-7-13(12-20-15)8-16-3-1-2-4-16/h7,12,14,18H,1-6,8-11H2. The minimum Gasteiger partial charge on any atom is -0.389 e. The molecule has 5 heteroatoms. The first-order valence-corrected chi connectivity index (χ1v) is 8.44. The molecule has 4 nitrogen and oxygen atoms in total. The third-order valence-corrected chi connectivity index (χ3v) is 4.99. The predicted molar refractivity (Wildman–Crippen MR) is 80.9 cm³/mol. The van der Waals surface area contributed by atoms with Crippen molar-refractivity contribution < 1.29 is 9.84 Å². The Morgan fingerprint density at radius 3 is 2.90 bits per heavy atom. The van der Waals surface area contributed by atoms with Crippen LogP contribution in [0.2, 0.25) is 0 Å². The summed E-state index contributed by atoms with van der Waals surface area (Å²) in [5.41, 5.74) is 1.44. The molecule has 3 rings (SSSR count). The van der Waals surface area contributed by atoms with E-state index in [0.29, 0.717) is 6.61 Å². The van der Waals surface area contributed by atoms with Crippen LogP contribution in [-0.2, 0) is 17.8 Å². The molecule has 2 aliphatic heterocycles. The number of likely N-dealkylation sites (tertiary alicyclic amines) is 1. The van der Waals surface area contributed by atoms with E-state index < -0.39 is 0 Å². The van der Waals surface area contributed by atoms with Crippen LogP contribution in [0, 0.1) is 0 Å². The molecule has 0 amide bonds. The van der Waals surface area contributed by atoms with E-state index in [-0.39, 0.29) is 6.10 Å². The van der Waals surface area contributed by atoms with Crippen LogP contribution < -0.4 is 0 Å². The second-order valence-electron chi connectivity index (χ2n) is 5.87. The number of hydrogen-bond donors (Lipinski definition) is 1. The van der Waals surface area contributed by atoms with Crippen LogP contribution in [0.15, 0.2) is 11.4 Å². The maximum atomic E-state index is 9.76. The lowest BCUT2D eigenvalue weighted by atomic mass is 10.2. The van der Waals surface area contributed by atoms with Crippen molar-refractivity contribution in [2.75, 3.05) is 39.4 Å². The monoisotopic (exact) mass is 296 g/mol. The fourth-order valence-corrected chi connectivity index (χ4v) is 3.93. The van der Waals surface area contributed by atoms with Crippen molar-refractivity contribution in [2.45, 2.75) is 32.0 Å². The Hall–Kier alpha value is -0.460. The molecule has 0 spiro atoms. The Morgan fingerprint density at radius 2 is 2.05 bits per heavy atom. The number of hydrogen-bond acceptors (Lipinski definition) is 5. The van der Waals surface area contributed by atoms with Crippen LogP contribution in [0.1, 0.15) is 23.3 Å². The maximum absolute atomic E-state index is 9.76. The maximum Gasteiger partial charge on any atom is 0.0900 e. The molecule has 1 N–H and O–H groups in total. The highest BCUT2D eigenvalue weighted by Gasteiger charge is 2.17. The number of aliphatic hydroxyl groups excluding tert-OH is 1. The fourth-order valence-electron chi connectivity index (χ4n) is 3.01. The lowest BCUT2D eigenvalue weighted by molar-refractivity contribution is 0.0562. The normalized spacial score (nSPS) is 25.9. The zero-order valence-electron chi connectivity index (χ0n) is 12.0. The first-order valence-electron chi connectivity index (χ1n) is 7.56. The number of aliphatic hydroxyl groups is 1. The molecule has 2 fully saturated rings. The van der Waals surface area contributed by atoms with E-state index in [1.54, 1.807) is 0 Å². The van der Waals surface area contributed by atoms with Crippen molar-refractivity contribution in [2.24, 2.45) is 0 Å². The molecule has 1 aromatic rings. The molecule has 0 bridgehead atoms. The summed E-state index contributed by atoms with van der Waals surface area (Å²) >= 11 is 1.84. The Bertz CT molecular complexity index is 418. The zero-order valence-corrected chi connectivity index (χ0v) is 12.8. The van der Waals surface area contributed by atoms with Gasteiger partial charge in [-0.1, -0.05) is 0 Å². The summed E-state index contributed by atoms with van der Waals surface area (Å²) in [6.45, 7) is 7.37. The highest BCUT2D eigenvalue weighted by atomic mass is 32.1. The summed E-state index contributed by atoms with van der Waals surface area (Å²) < 4.78 is 5.37. The van der Waals surface area contributed by atoms with Crippen LogP contribution in [0.4, 0.5) is 0 Å². The molecule has 0 radical (unpaired) electrons. The first-order chi connectivity index (χ1) is 9.79. The van der Waals surface area contributed by atoms with Crippen molar-refractivity contribution in [1.82, 2.24) is 9.80 Å². The van der Waals surface area contributed by atoms with Crippen molar-refractivity contribution in [1.29, 1.82) is 0 Å². The van der Waals surface area contributed by atoms with E-state index in [9.17, 15) is 5.11 Å². The second kappa shape index (κ2) is 7.00. The van der Waals surface area contributed by atoms with E-state index >= 15 is 0 Å². The van der Waals surface area contributed by atoms with E-state index in [1.807, 2.05) is 11.3 Å². The SMILES string of the molecule is OC1COCCN(Cc2cc(CN3CCCC3)cs2)C1. The van der Waals surface area contributed by atoms with Crippen LogP contribution in [0.5, 0.6) is 0 Å². The minimum atomic E-state index is -0.346. The van der Waals surface area contributed by atoms with Crippen LogP contribution in [0.3, 0.4) is 0 Å². The van der Waals surface area contributed by atoms with Gasteiger partial charge in [0.25, 0.3) is 0 Å². The third-order valence-electron chi connectivity index (χ3n) is 4.02. The van der Waals surface area contributed by atoms with Crippen LogP contribution in [0.25, 0.3) is 0 Å². The van der Waals surface area contributed by atoms with E-state index in [1.165, 1.54) is 36.4 Å². The number of nitrogens with zero attached hydrogens (tertiary/aromatic N) is 2. The Labute approximate surface area is 125 Å². The molecule has 0 aliphatic carbocycles. The van der Waals surface area contributed by atoms with Gasteiger partial charge >= 0.3 is 0 Å². The van der Waals surface area contributed by atoms with Gasteiger partial charge in [-0.05, 0) is 42.9 Å². The molecule has 2 aliphatic rings. The van der Waals surface area contributed by atoms with Gasteiger partial charge in [-0.3, -0.25) is 9.80 Å². The topological polar surface area (TPSA) is 35.9 Å². The van der Waals surface area contributed by atoms with Crippen molar-refractivity contribution in [3.63, 3.8) is 0 Å². The average Bonchev–Trinajstić information content (AvgIpc) is 3.03. The van der Waals surface area contributed by atoms with Gasteiger partial charge in [0.15, 0.2) is 0 Å². The summed E-state index contributed by atoms with van der Waals surface area (Å²) in [6.07, 6.45) is 2.35. The summed E-state index contributed by atoms with van der Waals surface area (Å²) in [5, 5.41) is 12.1. The lowest BCUT2D eigenvalue weighted by Gasteiger charge is -2.19. The quantitative estimate of drug-likeness (QED) is 0.914. The smallest absolute Gasteiger partial charge is 0.0900 e. The predicted octanol–water partition coefficient (Wildman–Crippen LogP) is 1.54. The van der Waals surface area contributed by atoms with Gasteiger partial charge in [-0.15, -0.1) is 11.3 Å². The van der Waals surface area contributed by atoms with Gasteiger partial charge in [0.1, 0.15) is 0 Å². The van der Waals surface area contributed by atoms with Gasteiger partial charge in [0, 0.05) is 31.1 Å². The number of thiophene rings is 1. The molecule has 0 aromatic carbocycles. The molecule has 0 saturated carbocycles. The Kier molecular flexibility index (Phi) is 5.07. The molecule has 2 saturated heterocycles. The molecule has 1 atom stereocenters. The third kappa shape index (κ3) is 4.02. The lowest BCUT2D eigenvalue weighted by Crippen LogP contribution is -2.31. The highest BCUT2D eigenvalue weighted by molar-refractivity contribution is 7.10. The van der Waals surface area contributed by atoms with Crippen molar-refractivity contribution in [3.05, 3.63) is 21.9 Å². The largest absolute Gasteiger partial charge is 0.389 e. The van der Waals surface area contributed by atoms with Gasteiger partial charge in [-0.25, -0.2) is 0 Å². The molecule has 20 heavy (non-hydrogen) atoms. The molecule has 1 aromatic heterocycles. The van der Waals surface area contributed by atoms with E-state index in [0.717, 1.165) is 32.8 Å². The summed E-state index contributed by atoms with van der Waals surface area (Å²) in [5.74, 6) is 0. The summed E-state index contributed by atoms with van der Waals surface area (Å²) in [7, 11) is 0. The van der Waals surface area contributed by atoms with Crippen molar-refractivity contribution in [3.8, 4) is 0 Å². The van der Waals surface area contributed by atoms with Crippen molar-refractivity contribution >= 4 is 11.3 Å². The van der Waals surface area contributed by atoms with Crippen LogP contribution >= 0.6 is 11.3 Å². The van der Waals surface area contributed by atoms with Gasteiger partial charge in [-0.2, -0.15) is 0 Å². The van der Waals surface area contributed by atoms with Gasteiger partial charge in [0.05, 0.1) is 19.3 Å². The van der Waals surface area contributed by atoms with E-state index in [2.05, 4.69) is 21.2 Å². The van der Waals surface area contributed by atoms with E-state index in [4.69, 9.17) is 4.74 Å². The molecular weight excluding hydrogens is 272 g/mol. The first kappa shape index (κ1) is 14.5. The highest BCUT2D eigenvalue weighted by Crippen LogP contribution is 2.20. The fraction of sp³-hybridized carbons (Fsp3) is 0.733. The average molecular weight is 296 g/mol. The van der Waals surface area contributed by atoms with Gasteiger partial charge in [0.2, 0.25) is 0 Å². The summed E-state index contributed by atoms with van der Waals surface area (Å²) in [6, 6.07) is 2.33. The minimum absolute atomic E-state index is 0.346. The summed E-state index contributed by atoms with van der Waals surface area (Å²) in [4.78, 5) is 6.23. The number of rotatable bonds is 4. The Morgan fingerprint density at radius 1 is 1.20 bits per heavy atom. The molecule has 112 valence electrons. The molecule has 3 heterocycles. The second-order valence-corrected chi connectivity index (χ2v) is 6.86. The van der Waals surface area contributed by atoms with Crippen LogP contribution in [-0.4, -0.2) is 60.4 Å². The zero-order chi connectivity index (χ0) is 13.8. The molecular formula is C15H24N2O2S.